The summed E-state index contributed by atoms with van der Waals surface area (Å²) in [6.45, 7) is 18.2. The Morgan fingerprint density at radius 3 is 2.30 bits per heavy atom. The zero-order chi connectivity index (χ0) is 31.4. The first-order chi connectivity index (χ1) is 19.9. The Morgan fingerprint density at radius 2 is 1.65 bits per heavy atom. The molecule has 6 heteroatoms. The van der Waals surface area contributed by atoms with Crippen molar-refractivity contribution in [2.45, 2.75) is 120 Å². The van der Waals surface area contributed by atoms with Crippen molar-refractivity contribution in [3.8, 4) is 0 Å². The third-order valence-electron chi connectivity index (χ3n) is 14.3. The predicted molar refractivity (Wildman–Crippen MR) is 166 cm³/mol. The number of carbonyl (C=O) groups excluding carboxylic acids is 2. The maximum Gasteiger partial charge on any atom is 0.310 e. The summed E-state index contributed by atoms with van der Waals surface area (Å²) in [6.07, 6.45) is 10.2. The van der Waals surface area contributed by atoms with Crippen molar-refractivity contribution < 1.29 is 23.9 Å². The average Bonchev–Trinajstić information content (AvgIpc) is 3.34. The van der Waals surface area contributed by atoms with E-state index in [0.717, 1.165) is 57.1 Å². The molecule has 1 amide bonds. The molecular weight excluding hydrogens is 538 g/mol. The van der Waals surface area contributed by atoms with E-state index in [1.165, 1.54) is 5.57 Å². The highest BCUT2D eigenvalue weighted by atomic mass is 16.4. The first kappa shape index (κ1) is 30.6. The fourth-order valence-corrected chi connectivity index (χ4v) is 11.7. The minimum Gasteiger partial charge on any atom is -0.481 e. The van der Waals surface area contributed by atoms with Crippen LogP contribution in [-0.2, 0) is 20.9 Å². The number of hydrogen-bond acceptors (Lipinski definition) is 4. The number of furan rings is 1. The molecule has 2 N–H and O–H groups in total. The number of ketones is 1. The Labute approximate surface area is 257 Å². The van der Waals surface area contributed by atoms with Crippen molar-refractivity contribution in [1.82, 2.24) is 5.32 Å². The average molecular weight is 592 g/mol. The first-order valence-corrected chi connectivity index (χ1v) is 16.7. The highest BCUT2D eigenvalue weighted by Gasteiger charge is 2.70. The molecule has 1 aromatic rings. The number of aryl methyl sites for hydroxylation is 1. The van der Waals surface area contributed by atoms with Crippen LogP contribution in [0.25, 0.3) is 0 Å². The van der Waals surface area contributed by atoms with Crippen molar-refractivity contribution in [1.29, 1.82) is 0 Å². The van der Waals surface area contributed by atoms with Crippen molar-refractivity contribution >= 4 is 17.7 Å². The third kappa shape index (κ3) is 4.20. The number of amides is 1. The maximum atomic E-state index is 14.0. The van der Waals surface area contributed by atoms with E-state index in [-0.39, 0.29) is 51.7 Å². The van der Waals surface area contributed by atoms with Gasteiger partial charge in [0.05, 0.1) is 17.9 Å². The van der Waals surface area contributed by atoms with Gasteiger partial charge in [-0.3, -0.25) is 14.4 Å². The van der Waals surface area contributed by atoms with Gasteiger partial charge in [0, 0.05) is 5.41 Å². The SMILES string of the molecule is Cc1ccc(CNC(=O)C2C[C@@]3(C)C(CC[C@]4(C)C3CC=C3C5CC(C)(C)CC[C@]5(C(=O)O)CC[C@]34C)C(C)(C)C2=O)o1. The highest BCUT2D eigenvalue weighted by Crippen LogP contribution is 2.75. The van der Waals surface area contributed by atoms with Crippen molar-refractivity contribution in [2.24, 2.45) is 56.2 Å². The Hall–Kier alpha value is -2.37. The molecule has 8 atom stereocenters. The molecule has 43 heavy (non-hydrogen) atoms. The van der Waals surface area contributed by atoms with Gasteiger partial charge in [-0.2, -0.15) is 0 Å². The minimum atomic E-state index is -0.682. The molecule has 5 aliphatic carbocycles. The van der Waals surface area contributed by atoms with Gasteiger partial charge >= 0.3 is 5.97 Å². The van der Waals surface area contributed by atoms with Gasteiger partial charge in [0.2, 0.25) is 5.91 Å². The smallest absolute Gasteiger partial charge is 0.310 e. The monoisotopic (exact) mass is 591 g/mol. The number of allylic oxidation sites excluding steroid dienone is 2. The summed E-state index contributed by atoms with van der Waals surface area (Å²) in [5.41, 5.74) is -0.0252. The van der Waals surface area contributed by atoms with Gasteiger partial charge in [-0.1, -0.05) is 60.1 Å². The van der Waals surface area contributed by atoms with Gasteiger partial charge in [0.1, 0.15) is 11.5 Å². The molecule has 0 spiro atoms. The first-order valence-electron chi connectivity index (χ1n) is 16.7. The summed E-state index contributed by atoms with van der Waals surface area (Å²) in [5, 5.41) is 13.7. The zero-order valence-electron chi connectivity index (χ0n) is 27.7. The van der Waals surface area contributed by atoms with Crippen molar-refractivity contribution in [3.05, 3.63) is 35.3 Å². The number of aliphatic carboxylic acids is 1. The lowest BCUT2D eigenvalue weighted by molar-refractivity contribution is -0.195. The molecule has 6 nitrogen and oxygen atoms in total. The largest absolute Gasteiger partial charge is 0.481 e. The molecular formula is C37H53NO5. The quantitative estimate of drug-likeness (QED) is 0.274. The normalized spacial score (nSPS) is 42.9. The zero-order valence-corrected chi connectivity index (χ0v) is 27.7. The van der Waals surface area contributed by atoms with Crippen LogP contribution in [0.15, 0.2) is 28.2 Å². The molecule has 236 valence electrons. The van der Waals surface area contributed by atoms with Crippen LogP contribution >= 0.6 is 0 Å². The number of fused-ring (bicyclic) bond motifs is 7. The molecule has 1 heterocycles. The summed E-state index contributed by atoms with van der Waals surface area (Å²) < 4.78 is 5.67. The van der Waals surface area contributed by atoms with Crippen LogP contribution in [0.2, 0.25) is 0 Å². The Morgan fingerprint density at radius 1 is 0.953 bits per heavy atom. The van der Waals surface area contributed by atoms with Crippen LogP contribution in [0.4, 0.5) is 0 Å². The molecule has 0 bridgehead atoms. The molecule has 0 aliphatic heterocycles. The van der Waals surface area contributed by atoms with E-state index in [2.05, 4.69) is 59.9 Å². The van der Waals surface area contributed by atoms with Crippen LogP contribution < -0.4 is 5.32 Å². The number of carboxylic acids is 1. The van der Waals surface area contributed by atoms with Gasteiger partial charge < -0.3 is 14.8 Å². The lowest BCUT2D eigenvalue weighted by Gasteiger charge is -2.70. The van der Waals surface area contributed by atoms with Crippen LogP contribution in [-0.4, -0.2) is 22.8 Å². The van der Waals surface area contributed by atoms with Crippen LogP contribution in [0.5, 0.6) is 0 Å². The fraction of sp³-hybridized carbons (Fsp3) is 0.757. The predicted octanol–water partition coefficient (Wildman–Crippen LogP) is 7.89. The van der Waals surface area contributed by atoms with Crippen molar-refractivity contribution in [3.63, 3.8) is 0 Å². The van der Waals surface area contributed by atoms with Gasteiger partial charge in [-0.05, 0) is 116 Å². The second-order valence-electron chi connectivity index (χ2n) is 17.2. The van der Waals surface area contributed by atoms with Crippen molar-refractivity contribution in [2.75, 3.05) is 0 Å². The molecule has 6 rings (SSSR count). The molecule has 4 fully saturated rings. The van der Waals surface area contributed by atoms with E-state index in [1.807, 2.05) is 19.1 Å². The Bertz CT molecular complexity index is 1380. The molecule has 4 saturated carbocycles. The second kappa shape index (κ2) is 9.57. The lowest BCUT2D eigenvalue weighted by atomic mass is 9.33. The molecule has 1 aromatic heterocycles. The molecule has 0 saturated heterocycles. The lowest BCUT2D eigenvalue weighted by Crippen LogP contribution is -2.66. The van der Waals surface area contributed by atoms with E-state index in [9.17, 15) is 19.5 Å². The van der Waals surface area contributed by atoms with Gasteiger partial charge in [-0.25, -0.2) is 0 Å². The summed E-state index contributed by atoms with van der Waals surface area (Å²) >= 11 is 0. The maximum absolute atomic E-state index is 14.0. The summed E-state index contributed by atoms with van der Waals surface area (Å²) in [4.78, 5) is 40.6. The third-order valence-corrected chi connectivity index (χ3v) is 14.3. The topological polar surface area (TPSA) is 96.6 Å². The van der Waals surface area contributed by atoms with Gasteiger partial charge in [0.15, 0.2) is 5.78 Å². The van der Waals surface area contributed by atoms with Crippen LogP contribution in [0.3, 0.4) is 0 Å². The van der Waals surface area contributed by atoms with E-state index in [1.54, 1.807) is 0 Å². The van der Waals surface area contributed by atoms with E-state index in [4.69, 9.17) is 4.42 Å². The summed E-state index contributed by atoms with van der Waals surface area (Å²) in [6, 6.07) is 3.76. The molecule has 0 radical (unpaired) electrons. The number of Topliss-reactive ketones (excluding diaryl/α,β-unsaturated/α-hetero) is 1. The van der Waals surface area contributed by atoms with E-state index in [0.29, 0.717) is 18.1 Å². The minimum absolute atomic E-state index is 0.0300. The number of carbonyl (C=O) groups is 3. The van der Waals surface area contributed by atoms with E-state index >= 15 is 0 Å². The van der Waals surface area contributed by atoms with Crippen LogP contribution in [0.1, 0.15) is 118 Å². The summed E-state index contributed by atoms with van der Waals surface area (Å²) in [5.74, 6) is 0.680. The fourth-order valence-electron chi connectivity index (χ4n) is 11.7. The number of rotatable bonds is 4. The molecule has 5 aliphatic rings. The standard InChI is InChI=1S/C37H53NO5/c1-22-9-10-23(43-22)21-38-30(40)24-19-34(6)27(33(4,5)29(24)39)13-14-36(8)28(34)12-11-25-26-20-32(2,3)15-17-37(26,31(41)42)18-16-35(25,36)7/h9-11,24,26-28H,12-21H2,1-8H3,(H,38,40)(H,41,42)/t24?,26?,27?,28?,34-,35+,36+,37-/m0/s1. The Balaban J connectivity index is 1.36. The van der Waals surface area contributed by atoms with Crippen LogP contribution in [0, 0.1) is 63.1 Å². The highest BCUT2D eigenvalue weighted by molar-refractivity contribution is 6.04. The van der Waals surface area contributed by atoms with Gasteiger partial charge in [0.25, 0.3) is 0 Å². The second-order valence-corrected chi connectivity index (χ2v) is 17.2. The van der Waals surface area contributed by atoms with Gasteiger partial charge in [-0.15, -0.1) is 0 Å². The summed E-state index contributed by atoms with van der Waals surface area (Å²) in [7, 11) is 0. The number of nitrogens with one attached hydrogen (secondary N) is 1. The number of carboxylic acid groups (broad SMARTS) is 1. The Kier molecular flexibility index (Phi) is 6.82. The van der Waals surface area contributed by atoms with E-state index < -0.39 is 22.7 Å². The number of hydrogen-bond donors (Lipinski definition) is 2. The molecule has 4 unspecified atom stereocenters. The molecule has 0 aromatic carbocycles.